The number of imide groups is 1. The molecule has 2 aromatic carbocycles. The van der Waals surface area contributed by atoms with Gasteiger partial charge >= 0.3 is 0 Å². The molecular weight excluding hydrogens is 694 g/mol. The fourth-order valence-electron chi connectivity index (χ4n) is 6.85. The largest absolute Gasteiger partial charge is 0.346 e. The number of hydrogen-bond acceptors (Lipinski definition) is 10. The van der Waals surface area contributed by atoms with E-state index in [4.69, 9.17) is 11.5 Å². The first-order valence-electron chi connectivity index (χ1n) is 17.1. The number of halogens is 3. The van der Waals surface area contributed by atoms with Gasteiger partial charge in [0.1, 0.15) is 5.69 Å². The summed E-state index contributed by atoms with van der Waals surface area (Å²) in [4.78, 5) is 46.2. The average Bonchev–Trinajstić information content (AvgIpc) is 3.67. The fourth-order valence-corrected chi connectivity index (χ4v) is 6.85. The predicted molar refractivity (Wildman–Crippen MR) is 194 cm³/mol. The second-order valence-electron chi connectivity index (χ2n) is 13.5. The minimum atomic E-state index is -2.88. The standard InChI is InChI=1S/C36H42F2N10O3.ClH/c1-21-14-31(33(49)43-27-16-36(37,38)20-41-18-27)42-19-29(21)24-6-2-22(3-7-24)15-30(40)35(51)48(34(50)26-8-4-23(17-39)5-9-26)28-12-10-25(11-13-28)32-44-46-47-45-32;/h2-3,6-7,10-14,19,23,26-27,30,41H,4-5,8-9,15-18,20,39-40H2,1H3,(H,43,49)(H,44,45,46,47);1H/t23-,26-,27?,30-;/m0./s1. The predicted octanol–water partition coefficient (Wildman–Crippen LogP) is 3.58. The lowest BCUT2D eigenvalue weighted by atomic mass is 9.81. The van der Waals surface area contributed by atoms with Gasteiger partial charge in [-0.2, -0.15) is 0 Å². The van der Waals surface area contributed by atoms with Crippen molar-refractivity contribution in [3.63, 3.8) is 0 Å². The first kappa shape index (κ1) is 38.5. The van der Waals surface area contributed by atoms with Crippen molar-refractivity contribution >= 4 is 35.8 Å². The number of pyridine rings is 1. The summed E-state index contributed by atoms with van der Waals surface area (Å²) >= 11 is 0. The molecule has 6 rings (SSSR count). The van der Waals surface area contributed by atoms with E-state index in [1.807, 2.05) is 31.2 Å². The van der Waals surface area contributed by atoms with Gasteiger partial charge < -0.3 is 22.1 Å². The van der Waals surface area contributed by atoms with Gasteiger partial charge in [-0.05, 0) is 109 Å². The zero-order chi connectivity index (χ0) is 36.1. The molecule has 1 saturated carbocycles. The molecular formula is C36H43ClF2N10O3. The number of H-pyrrole nitrogens is 1. The Morgan fingerprint density at radius 1 is 1.04 bits per heavy atom. The monoisotopic (exact) mass is 736 g/mol. The highest BCUT2D eigenvalue weighted by Crippen LogP contribution is 2.32. The maximum atomic E-state index is 14.0. The Morgan fingerprint density at radius 3 is 2.35 bits per heavy atom. The van der Waals surface area contributed by atoms with Gasteiger partial charge in [-0.25, -0.2) is 18.8 Å². The number of carbonyl (C=O) groups is 3. The van der Waals surface area contributed by atoms with Gasteiger partial charge in [-0.3, -0.25) is 19.4 Å². The number of nitrogens with one attached hydrogen (secondary N) is 3. The second-order valence-corrected chi connectivity index (χ2v) is 13.5. The number of hydrogen-bond donors (Lipinski definition) is 5. The molecule has 0 spiro atoms. The van der Waals surface area contributed by atoms with Gasteiger partial charge in [0.05, 0.1) is 18.3 Å². The fraction of sp³-hybridized carbons (Fsp3) is 0.417. The van der Waals surface area contributed by atoms with E-state index in [9.17, 15) is 23.2 Å². The van der Waals surface area contributed by atoms with E-state index in [1.54, 1.807) is 36.5 Å². The number of aromatic nitrogens is 5. The Kier molecular flexibility index (Phi) is 12.4. The van der Waals surface area contributed by atoms with Crippen LogP contribution in [0.5, 0.6) is 0 Å². The van der Waals surface area contributed by atoms with E-state index in [2.05, 4.69) is 36.2 Å². The van der Waals surface area contributed by atoms with Crippen molar-refractivity contribution in [3.05, 3.63) is 77.6 Å². The first-order valence-corrected chi connectivity index (χ1v) is 17.1. The second kappa shape index (κ2) is 16.8. The molecule has 4 aromatic rings. The third-order valence-corrected chi connectivity index (χ3v) is 9.75. The van der Waals surface area contributed by atoms with E-state index in [0.717, 1.165) is 35.1 Å². The van der Waals surface area contributed by atoms with Crippen molar-refractivity contribution in [2.75, 3.05) is 24.5 Å². The van der Waals surface area contributed by atoms with Gasteiger partial charge in [-0.1, -0.05) is 24.3 Å². The van der Waals surface area contributed by atoms with E-state index in [1.165, 1.54) is 4.90 Å². The quantitative estimate of drug-likeness (QED) is 0.160. The number of benzene rings is 2. The van der Waals surface area contributed by atoms with Gasteiger partial charge in [0.25, 0.3) is 17.7 Å². The number of aryl methyl sites for hydroxylation is 1. The Morgan fingerprint density at radius 2 is 1.73 bits per heavy atom. The summed E-state index contributed by atoms with van der Waals surface area (Å²) in [7, 11) is 0. The maximum absolute atomic E-state index is 14.0. The van der Waals surface area contributed by atoms with Crippen LogP contribution in [-0.2, 0) is 16.0 Å². The Balaban J connectivity index is 0.00000523. The zero-order valence-corrected chi connectivity index (χ0v) is 29.5. The smallest absolute Gasteiger partial charge is 0.270 e. The summed E-state index contributed by atoms with van der Waals surface area (Å²) in [6.45, 7) is 2.28. The van der Waals surface area contributed by atoms with Crippen LogP contribution < -0.4 is 27.0 Å². The molecule has 276 valence electrons. The van der Waals surface area contributed by atoms with Crippen molar-refractivity contribution < 1.29 is 23.2 Å². The molecule has 13 nitrogen and oxygen atoms in total. The van der Waals surface area contributed by atoms with Gasteiger partial charge in [0, 0.05) is 42.2 Å². The first-order chi connectivity index (χ1) is 24.5. The normalized spacial score (nSPS) is 20.3. The number of alkyl halides is 2. The van der Waals surface area contributed by atoms with Crippen LogP contribution in [0.25, 0.3) is 22.5 Å². The number of amides is 3. The number of rotatable bonds is 10. The molecule has 16 heteroatoms. The lowest BCUT2D eigenvalue weighted by Gasteiger charge is -2.32. The number of nitrogens with zero attached hydrogens (tertiary/aromatic N) is 5. The SMILES string of the molecule is Cc1cc(C(=O)NC2CNCC(F)(F)C2)ncc1-c1ccc(C[C@H](N)C(=O)N(c2ccc(-c3nnn[nH]3)cc2)C(=O)[C@H]2CC[C@H](CN)CC2)cc1.Cl. The Labute approximate surface area is 306 Å². The molecule has 1 aliphatic heterocycles. The number of piperidine rings is 1. The molecule has 1 unspecified atom stereocenters. The Hall–Kier alpha value is -4.70. The third kappa shape index (κ3) is 9.02. The van der Waals surface area contributed by atoms with Crippen LogP contribution in [-0.4, -0.2) is 81.0 Å². The molecule has 1 aliphatic carbocycles. The van der Waals surface area contributed by atoms with E-state index < -0.39 is 42.8 Å². The molecule has 7 N–H and O–H groups in total. The molecule has 2 atom stereocenters. The summed E-state index contributed by atoms with van der Waals surface area (Å²) in [5, 5.41) is 19.1. The number of aromatic amines is 1. The molecule has 2 fully saturated rings. The van der Waals surface area contributed by atoms with Gasteiger partial charge in [0.2, 0.25) is 5.91 Å². The zero-order valence-electron chi connectivity index (χ0n) is 28.7. The molecule has 2 aromatic heterocycles. The highest BCUT2D eigenvalue weighted by molar-refractivity contribution is 6.17. The van der Waals surface area contributed by atoms with Crippen LogP contribution in [0.4, 0.5) is 14.5 Å². The highest BCUT2D eigenvalue weighted by Gasteiger charge is 2.37. The van der Waals surface area contributed by atoms with Crippen molar-refractivity contribution in [3.8, 4) is 22.5 Å². The maximum Gasteiger partial charge on any atom is 0.270 e. The topological polar surface area (TPSA) is 198 Å². The van der Waals surface area contributed by atoms with Crippen molar-refractivity contribution in [1.29, 1.82) is 0 Å². The van der Waals surface area contributed by atoms with Crippen LogP contribution in [0.15, 0.2) is 60.8 Å². The van der Waals surface area contributed by atoms with E-state index >= 15 is 0 Å². The summed E-state index contributed by atoms with van der Waals surface area (Å²) in [6, 6.07) is 14.3. The molecule has 3 heterocycles. The molecule has 52 heavy (non-hydrogen) atoms. The lowest BCUT2D eigenvalue weighted by molar-refractivity contribution is -0.130. The molecule has 0 radical (unpaired) electrons. The minimum absolute atomic E-state index is 0. The number of anilines is 1. The van der Waals surface area contributed by atoms with Gasteiger partial charge in [-0.15, -0.1) is 17.5 Å². The third-order valence-electron chi connectivity index (χ3n) is 9.75. The summed E-state index contributed by atoms with van der Waals surface area (Å²) < 4.78 is 27.5. The van der Waals surface area contributed by atoms with Crippen molar-refractivity contribution in [2.45, 2.75) is 63.5 Å². The molecule has 1 saturated heterocycles. The number of nitrogens with two attached hydrogens (primary N) is 2. The van der Waals surface area contributed by atoms with Crippen LogP contribution >= 0.6 is 12.4 Å². The average molecular weight is 737 g/mol. The Bertz CT molecular complexity index is 1840. The number of carbonyl (C=O) groups excluding carboxylic acids is 3. The van der Waals surface area contributed by atoms with Crippen LogP contribution in [0.1, 0.15) is 53.7 Å². The highest BCUT2D eigenvalue weighted by atomic mass is 35.5. The molecule has 2 aliphatic rings. The summed E-state index contributed by atoms with van der Waals surface area (Å²) in [5.74, 6) is -3.65. The van der Waals surface area contributed by atoms with Crippen molar-refractivity contribution in [2.24, 2.45) is 23.3 Å². The van der Waals surface area contributed by atoms with Crippen LogP contribution in [0, 0.1) is 18.8 Å². The van der Waals surface area contributed by atoms with E-state index in [-0.39, 0.29) is 42.9 Å². The molecule has 0 bridgehead atoms. The van der Waals surface area contributed by atoms with Crippen LogP contribution in [0.3, 0.4) is 0 Å². The number of tetrazole rings is 1. The molecule has 3 amide bonds. The summed E-state index contributed by atoms with van der Waals surface area (Å²) in [6.07, 6.45) is 4.31. The van der Waals surface area contributed by atoms with Crippen molar-refractivity contribution in [1.82, 2.24) is 36.2 Å². The van der Waals surface area contributed by atoms with E-state index in [0.29, 0.717) is 42.4 Å². The van der Waals surface area contributed by atoms with Crippen LogP contribution in [0.2, 0.25) is 0 Å². The summed E-state index contributed by atoms with van der Waals surface area (Å²) in [5.41, 5.74) is 16.8. The van der Waals surface area contributed by atoms with Gasteiger partial charge in [0.15, 0.2) is 5.82 Å². The minimum Gasteiger partial charge on any atom is -0.346 e. The lowest BCUT2D eigenvalue weighted by Crippen LogP contribution is -2.53.